The molecule has 0 spiro atoms. The lowest BCUT2D eigenvalue weighted by molar-refractivity contribution is -0.141. The standard InChI is InChI=1S/C19H24ClNO4/c20-16-4-2-1-3-15(16)19(7-9-25-10-8-19)12-21-17(22)13-5-6-14(11-13)18(23)24/h1-4,13-14H,5-12H2,(H,21,22)(H,23,24)/t13-,14+/m0/s1. The number of nitrogens with one attached hydrogen (secondary N) is 1. The molecule has 1 saturated carbocycles. The lowest BCUT2D eigenvalue weighted by Crippen LogP contribution is -2.46. The first-order valence-corrected chi connectivity index (χ1v) is 9.23. The summed E-state index contributed by atoms with van der Waals surface area (Å²) in [5.41, 5.74) is 0.826. The highest BCUT2D eigenvalue weighted by Crippen LogP contribution is 2.38. The predicted octanol–water partition coefficient (Wildman–Crippen LogP) is 3.01. The van der Waals surface area contributed by atoms with Gasteiger partial charge in [0.15, 0.2) is 0 Å². The van der Waals surface area contributed by atoms with Crippen molar-refractivity contribution in [3.05, 3.63) is 34.9 Å². The second kappa shape index (κ2) is 7.75. The maximum absolute atomic E-state index is 12.5. The van der Waals surface area contributed by atoms with E-state index in [2.05, 4.69) is 5.32 Å². The highest BCUT2D eigenvalue weighted by atomic mass is 35.5. The Morgan fingerprint density at radius 2 is 1.88 bits per heavy atom. The predicted molar refractivity (Wildman–Crippen MR) is 94.7 cm³/mol. The first-order valence-electron chi connectivity index (χ1n) is 8.85. The van der Waals surface area contributed by atoms with E-state index in [-0.39, 0.29) is 17.2 Å². The molecule has 0 radical (unpaired) electrons. The number of benzene rings is 1. The number of aliphatic carboxylic acids is 1. The lowest BCUT2D eigenvalue weighted by atomic mass is 9.74. The van der Waals surface area contributed by atoms with E-state index in [9.17, 15) is 9.59 Å². The van der Waals surface area contributed by atoms with E-state index in [1.165, 1.54) is 0 Å². The average Bonchev–Trinajstić information content (AvgIpc) is 3.11. The molecule has 5 nitrogen and oxygen atoms in total. The number of amides is 1. The minimum absolute atomic E-state index is 0.0401. The number of hydrogen-bond donors (Lipinski definition) is 2. The number of carboxylic acid groups (broad SMARTS) is 1. The van der Waals surface area contributed by atoms with E-state index in [0.29, 0.717) is 44.0 Å². The minimum atomic E-state index is -0.799. The summed E-state index contributed by atoms with van der Waals surface area (Å²) in [6, 6.07) is 7.77. The Labute approximate surface area is 152 Å². The van der Waals surface area contributed by atoms with E-state index in [1.807, 2.05) is 24.3 Å². The smallest absolute Gasteiger partial charge is 0.306 e. The first-order chi connectivity index (χ1) is 12.0. The molecule has 0 unspecified atom stereocenters. The van der Waals surface area contributed by atoms with E-state index in [4.69, 9.17) is 21.4 Å². The molecule has 0 aromatic heterocycles. The van der Waals surface area contributed by atoms with Gasteiger partial charge >= 0.3 is 5.97 Å². The third-order valence-corrected chi connectivity index (χ3v) is 5.98. The van der Waals surface area contributed by atoms with Crippen LogP contribution in [0.15, 0.2) is 24.3 Å². The van der Waals surface area contributed by atoms with Crippen molar-refractivity contribution in [1.29, 1.82) is 0 Å². The van der Waals surface area contributed by atoms with Crippen LogP contribution >= 0.6 is 11.6 Å². The SMILES string of the molecule is O=C(O)[C@@H]1CC[C@H](C(=O)NCC2(c3ccccc3Cl)CCOCC2)C1. The van der Waals surface area contributed by atoms with Crippen LogP contribution < -0.4 is 5.32 Å². The highest BCUT2D eigenvalue weighted by molar-refractivity contribution is 6.31. The van der Waals surface area contributed by atoms with Gasteiger partial charge in [0.1, 0.15) is 0 Å². The van der Waals surface area contributed by atoms with Gasteiger partial charge in [-0.2, -0.15) is 0 Å². The molecule has 2 fully saturated rings. The van der Waals surface area contributed by atoms with Crippen molar-refractivity contribution in [1.82, 2.24) is 5.32 Å². The van der Waals surface area contributed by atoms with Crippen LogP contribution in [-0.4, -0.2) is 36.7 Å². The quantitative estimate of drug-likeness (QED) is 0.841. The number of ether oxygens (including phenoxy) is 1. The summed E-state index contributed by atoms with van der Waals surface area (Å²) in [5, 5.41) is 12.9. The van der Waals surface area contributed by atoms with Crippen molar-refractivity contribution in [2.24, 2.45) is 11.8 Å². The number of rotatable bonds is 5. The fraction of sp³-hybridized carbons (Fsp3) is 0.579. The molecule has 1 amide bonds. The van der Waals surface area contributed by atoms with Crippen molar-refractivity contribution in [3.8, 4) is 0 Å². The molecule has 0 bridgehead atoms. The summed E-state index contributed by atoms with van der Waals surface area (Å²) in [6.07, 6.45) is 3.27. The molecule has 1 saturated heterocycles. The zero-order chi connectivity index (χ0) is 17.9. The molecule has 1 aromatic rings. The molecule has 3 rings (SSSR count). The Kier molecular flexibility index (Phi) is 5.64. The number of carbonyl (C=O) groups excluding carboxylic acids is 1. The van der Waals surface area contributed by atoms with Gasteiger partial charge in [-0.25, -0.2) is 0 Å². The Balaban J connectivity index is 1.69. The van der Waals surface area contributed by atoms with Gasteiger partial charge in [0.05, 0.1) is 5.92 Å². The normalized spacial score (nSPS) is 25.5. The molecule has 1 heterocycles. The molecule has 1 aromatic carbocycles. The van der Waals surface area contributed by atoms with Gasteiger partial charge in [-0.3, -0.25) is 9.59 Å². The van der Waals surface area contributed by atoms with Crippen LogP contribution in [-0.2, 0) is 19.7 Å². The van der Waals surface area contributed by atoms with Crippen molar-refractivity contribution >= 4 is 23.5 Å². The van der Waals surface area contributed by atoms with E-state index in [0.717, 1.165) is 18.4 Å². The van der Waals surface area contributed by atoms with Crippen molar-refractivity contribution in [2.75, 3.05) is 19.8 Å². The van der Waals surface area contributed by atoms with Crippen LogP contribution in [0.2, 0.25) is 5.02 Å². The van der Waals surface area contributed by atoms with Gasteiger partial charge in [-0.15, -0.1) is 0 Å². The van der Waals surface area contributed by atoms with Gasteiger partial charge in [0, 0.05) is 36.1 Å². The Hall–Kier alpha value is -1.59. The molecule has 136 valence electrons. The van der Waals surface area contributed by atoms with E-state index in [1.54, 1.807) is 0 Å². The average molecular weight is 366 g/mol. The van der Waals surface area contributed by atoms with Crippen LogP contribution in [0.3, 0.4) is 0 Å². The second-order valence-electron chi connectivity index (χ2n) is 7.14. The summed E-state index contributed by atoms with van der Waals surface area (Å²) in [4.78, 5) is 23.6. The van der Waals surface area contributed by atoms with Crippen LogP contribution in [0.4, 0.5) is 0 Å². The topological polar surface area (TPSA) is 75.6 Å². The number of carboxylic acids is 1. The number of halogens is 1. The number of hydrogen-bond acceptors (Lipinski definition) is 3. The van der Waals surface area contributed by atoms with E-state index >= 15 is 0 Å². The fourth-order valence-electron chi connectivity index (χ4n) is 4.04. The summed E-state index contributed by atoms with van der Waals surface area (Å²) in [7, 11) is 0. The fourth-order valence-corrected chi connectivity index (χ4v) is 4.38. The van der Waals surface area contributed by atoms with Crippen molar-refractivity contribution in [2.45, 2.75) is 37.5 Å². The zero-order valence-electron chi connectivity index (χ0n) is 14.2. The molecule has 2 aliphatic rings. The van der Waals surface area contributed by atoms with E-state index < -0.39 is 11.9 Å². The zero-order valence-corrected chi connectivity index (χ0v) is 14.9. The maximum atomic E-state index is 12.5. The monoisotopic (exact) mass is 365 g/mol. The lowest BCUT2D eigenvalue weighted by Gasteiger charge is -2.38. The molecular weight excluding hydrogens is 342 g/mol. The van der Waals surface area contributed by atoms with Crippen LogP contribution in [0, 0.1) is 11.8 Å². The maximum Gasteiger partial charge on any atom is 0.306 e. The molecule has 6 heteroatoms. The molecule has 25 heavy (non-hydrogen) atoms. The third-order valence-electron chi connectivity index (χ3n) is 5.65. The Bertz CT molecular complexity index is 642. The van der Waals surface area contributed by atoms with Crippen molar-refractivity contribution in [3.63, 3.8) is 0 Å². The first kappa shape index (κ1) is 18.2. The van der Waals surface area contributed by atoms with Gasteiger partial charge in [0.2, 0.25) is 5.91 Å². The molecular formula is C19H24ClNO4. The van der Waals surface area contributed by atoms with Crippen LogP contribution in [0.25, 0.3) is 0 Å². The third kappa shape index (κ3) is 3.98. The summed E-state index contributed by atoms with van der Waals surface area (Å²) < 4.78 is 5.51. The summed E-state index contributed by atoms with van der Waals surface area (Å²) >= 11 is 6.42. The summed E-state index contributed by atoms with van der Waals surface area (Å²) in [5.74, 6) is -1.44. The van der Waals surface area contributed by atoms with Gasteiger partial charge in [-0.05, 0) is 43.7 Å². The highest BCUT2D eigenvalue weighted by Gasteiger charge is 2.38. The number of carbonyl (C=O) groups is 2. The molecule has 1 aliphatic carbocycles. The van der Waals surface area contributed by atoms with Gasteiger partial charge < -0.3 is 15.2 Å². The van der Waals surface area contributed by atoms with Crippen LogP contribution in [0.5, 0.6) is 0 Å². The van der Waals surface area contributed by atoms with Gasteiger partial charge in [-0.1, -0.05) is 29.8 Å². The second-order valence-corrected chi connectivity index (χ2v) is 7.54. The Morgan fingerprint density at radius 3 is 2.52 bits per heavy atom. The molecule has 2 N–H and O–H groups in total. The van der Waals surface area contributed by atoms with Crippen molar-refractivity contribution < 1.29 is 19.4 Å². The minimum Gasteiger partial charge on any atom is -0.481 e. The largest absolute Gasteiger partial charge is 0.481 e. The summed E-state index contributed by atoms with van der Waals surface area (Å²) in [6.45, 7) is 1.80. The van der Waals surface area contributed by atoms with Crippen LogP contribution in [0.1, 0.15) is 37.7 Å². The van der Waals surface area contributed by atoms with Gasteiger partial charge in [0.25, 0.3) is 0 Å². The Morgan fingerprint density at radius 1 is 1.20 bits per heavy atom. The molecule has 2 atom stereocenters. The molecule has 1 aliphatic heterocycles.